The van der Waals surface area contributed by atoms with E-state index in [-0.39, 0.29) is 16.4 Å². The highest BCUT2D eigenvalue weighted by Crippen LogP contribution is 2.33. The van der Waals surface area contributed by atoms with Gasteiger partial charge in [-0.25, -0.2) is 4.79 Å². The van der Waals surface area contributed by atoms with Crippen LogP contribution in [-0.4, -0.2) is 19.5 Å². The Bertz CT molecular complexity index is 1110. The molecule has 3 aromatic carbocycles. The van der Waals surface area contributed by atoms with Crippen LogP contribution >= 0.6 is 0 Å². The Hall–Kier alpha value is -3.78. The van der Waals surface area contributed by atoms with Crippen molar-refractivity contribution in [2.45, 2.75) is 11.2 Å². The molecule has 0 fully saturated rings. The van der Waals surface area contributed by atoms with Crippen molar-refractivity contribution in [1.29, 1.82) is 0 Å². The SMILES string of the molecule is O=C(O)C=COC(Oc1ccccc1OS(=O)(=O)c1ccccc1)c1ccccc1. The summed E-state index contributed by atoms with van der Waals surface area (Å²) in [7, 11) is -4.08. The predicted molar refractivity (Wildman–Crippen MR) is 108 cm³/mol. The van der Waals surface area contributed by atoms with E-state index in [9.17, 15) is 13.2 Å². The van der Waals surface area contributed by atoms with E-state index < -0.39 is 22.4 Å². The molecule has 0 bridgehead atoms. The Morgan fingerprint density at radius 3 is 2.03 bits per heavy atom. The number of benzene rings is 3. The molecule has 0 heterocycles. The fourth-order valence-electron chi connectivity index (χ4n) is 2.44. The van der Waals surface area contributed by atoms with Crippen molar-refractivity contribution in [2.24, 2.45) is 0 Å². The van der Waals surface area contributed by atoms with E-state index in [1.54, 1.807) is 60.7 Å². The predicted octanol–water partition coefficient (Wildman–Crippen LogP) is 4.15. The summed E-state index contributed by atoms with van der Waals surface area (Å²) in [6, 6.07) is 22.7. The van der Waals surface area contributed by atoms with E-state index in [2.05, 4.69) is 0 Å². The third-order valence-electron chi connectivity index (χ3n) is 3.80. The van der Waals surface area contributed by atoms with Crippen molar-refractivity contribution in [1.82, 2.24) is 0 Å². The molecule has 0 saturated heterocycles. The molecule has 0 radical (unpaired) electrons. The summed E-state index contributed by atoms with van der Waals surface area (Å²) in [6.07, 6.45) is 0.775. The van der Waals surface area contributed by atoms with Gasteiger partial charge in [-0.15, -0.1) is 0 Å². The minimum atomic E-state index is -4.08. The number of para-hydroxylation sites is 2. The van der Waals surface area contributed by atoms with Crippen LogP contribution in [0.5, 0.6) is 11.5 Å². The minimum absolute atomic E-state index is 0.0000500. The zero-order valence-corrected chi connectivity index (χ0v) is 16.4. The smallest absolute Gasteiger partial charge is 0.339 e. The highest BCUT2D eigenvalue weighted by Gasteiger charge is 2.21. The van der Waals surface area contributed by atoms with Crippen LogP contribution in [-0.2, 0) is 19.6 Å². The van der Waals surface area contributed by atoms with Gasteiger partial charge in [0.15, 0.2) is 11.5 Å². The van der Waals surface area contributed by atoms with Gasteiger partial charge in [-0.1, -0.05) is 60.7 Å². The second-order valence-electron chi connectivity index (χ2n) is 5.93. The Morgan fingerprint density at radius 2 is 1.40 bits per heavy atom. The number of hydrogen-bond donors (Lipinski definition) is 1. The second-order valence-corrected chi connectivity index (χ2v) is 7.48. The highest BCUT2D eigenvalue weighted by atomic mass is 32.2. The van der Waals surface area contributed by atoms with Crippen LogP contribution < -0.4 is 8.92 Å². The first kappa shape index (κ1) is 20.9. The molecule has 0 saturated carbocycles. The highest BCUT2D eigenvalue weighted by molar-refractivity contribution is 7.87. The number of rotatable bonds is 9. The molecule has 8 heteroatoms. The fourth-order valence-corrected chi connectivity index (χ4v) is 3.40. The summed E-state index contributed by atoms with van der Waals surface area (Å²) in [4.78, 5) is 10.7. The summed E-state index contributed by atoms with van der Waals surface area (Å²) in [5, 5.41) is 8.77. The Balaban J connectivity index is 1.88. The molecule has 1 unspecified atom stereocenters. The zero-order chi connectivity index (χ0) is 21.4. The van der Waals surface area contributed by atoms with Gasteiger partial charge in [0, 0.05) is 5.56 Å². The lowest BCUT2D eigenvalue weighted by Gasteiger charge is -2.20. The number of aliphatic carboxylic acids is 1. The molecule has 154 valence electrons. The van der Waals surface area contributed by atoms with Gasteiger partial charge in [0.2, 0.25) is 0 Å². The largest absolute Gasteiger partial charge is 0.478 e. The summed E-state index contributed by atoms with van der Waals surface area (Å²) in [5.74, 6) is -1.11. The van der Waals surface area contributed by atoms with Crippen molar-refractivity contribution in [3.8, 4) is 11.5 Å². The van der Waals surface area contributed by atoms with E-state index in [0.717, 1.165) is 12.3 Å². The molecule has 0 amide bonds. The van der Waals surface area contributed by atoms with E-state index in [1.807, 2.05) is 0 Å². The third kappa shape index (κ3) is 5.62. The molecule has 3 aromatic rings. The van der Waals surface area contributed by atoms with Crippen LogP contribution in [0.1, 0.15) is 11.9 Å². The van der Waals surface area contributed by atoms with Crippen LogP contribution in [0.25, 0.3) is 0 Å². The van der Waals surface area contributed by atoms with Crippen molar-refractivity contribution in [2.75, 3.05) is 0 Å². The summed E-state index contributed by atoms with van der Waals surface area (Å²) >= 11 is 0. The minimum Gasteiger partial charge on any atom is -0.478 e. The van der Waals surface area contributed by atoms with Gasteiger partial charge in [0.05, 0.1) is 12.3 Å². The third-order valence-corrected chi connectivity index (χ3v) is 5.05. The molecule has 0 aliphatic carbocycles. The van der Waals surface area contributed by atoms with E-state index in [0.29, 0.717) is 5.56 Å². The average molecular weight is 426 g/mol. The van der Waals surface area contributed by atoms with Crippen molar-refractivity contribution < 1.29 is 32.0 Å². The molecule has 1 N–H and O–H groups in total. The van der Waals surface area contributed by atoms with Gasteiger partial charge in [-0.3, -0.25) is 0 Å². The monoisotopic (exact) mass is 426 g/mol. The molecule has 30 heavy (non-hydrogen) atoms. The van der Waals surface area contributed by atoms with E-state index >= 15 is 0 Å². The lowest BCUT2D eigenvalue weighted by molar-refractivity contribution is -0.131. The number of carboxylic acid groups (broad SMARTS) is 1. The first-order valence-corrected chi connectivity index (χ1v) is 10.2. The quantitative estimate of drug-likeness (QED) is 0.237. The Labute approximate surface area is 173 Å². The lowest BCUT2D eigenvalue weighted by Crippen LogP contribution is -2.13. The lowest BCUT2D eigenvalue weighted by atomic mass is 10.2. The molecule has 0 spiro atoms. The second kappa shape index (κ2) is 9.62. The van der Waals surface area contributed by atoms with Crippen LogP contribution in [0, 0.1) is 0 Å². The maximum absolute atomic E-state index is 12.6. The molecule has 0 aliphatic heterocycles. The fraction of sp³-hybridized carbons (Fsp3) is 0.0455. The van der Waals surface area contributed by atoms with E-state index in [4.69, 9.17) is 18.8 Å². The van der Waals surface area contributed by atoms with Gasteiger partial charge in [0.25, 0.3) is 6.29 Å². The van der Waals surface area contributed by atoms with Crippen LogP contribution in [0.15, 0.2) is 102 Å². The molecular weight excluding hydrogens is 408 g/mol. The average Bonchev–Trinajstić information content (AvgIpc) is 2.75. The summed E-state index contributed by atoms with van der Waals surface area (Å²) < 4.78 is 41.7. The van der Waals surface area contributed by atoms with Crippen LogP contribution in [0.4, 0.5) is 0 Å². The standard InChI is InChI=1S/C22H18O7S/c23-21(24)15-16-27-22(17-9-3-1-4-10-17)28-19-13-7-8-14-20(19)29-30(25,26)18-11-5-2-6-12-18/h1-16,22H,(H,23,24). The van der Waals surface area contributed by atoms with Gasteiger partial charge in [0.1, 0.15) is 4.90 Å². The van der Waals surface area contributed by atoms with E-state index in [1.165, 1.54) is 24.3 Å². The van der Waals surface area contributed by atoms with Crippen LogP contribution in [0.3, 0.4) is 0 Å². The molecule has 1 atom stereocenters. The molecule has 0 aliphatic rings. The van der Waals surface area contributed by atoms with Crippen molar-refractivity contribution >= 4 is 16.1 Å². The van der Waals surface area contributed by atoms with Gasteiger partial charge in [-0.05, 0) is 24.3 Å². The molecule has 3 rings (SSSR count). The Morgan fingerprint density at radius 1 is 0.833 bits per heavy atom. The zero-order valence-electron chi connectivity index (χ0n) is 15.6. The normalized spacial score (nSPS) is 12.3. The number of carbonyl (C=O) groups is 1. The number of ether oxygens (including phenoxy) is 2. The summed E-state index contributed by atoms with van der Waals surface area (Å²) in [6.45, 7) is 0. The molecular formula is C22H18O7S. The number of hydrogen-bond acceptors (Lipinski definition) is 6. The maximum atomic E-state index is 12.6. The topological polar surface area (TPSA) is 99.1 Å². The van der Waals surface area contributed by atoms with Gasteiger partial charge >= 0.3 is 16.1 Å². The molecule has 7 nitrogen and oxygen atoms in total. The summed E-state index contributed by atoms with van der Waals surface area (Å²) in [5.41, 5.74) is 0.591. The first-order valence-electron chi connectivity index (χ1n) is 8.81. The Kier molecular flexibility index (Phi) is 6.71. The van der Waals surface area contributed by atoms with Crippen LogP contribution in [0.2, 0.25) is 0 Å². The van der Waals surface area contributed by atoms with Gasteiger partial charge < -0.3 is 18.8 Å². The van der Waals surface area contributed by atoms with Gasteiger partial charge in [-0.2, -0.15) is 8.42 Å². The molecule has 0 aromatic heterocycles. The van der Waals surface area contributed by atoms with Crippen molar-refractivity contribution in [3.05, 3.63) is 103 Å². The maximum Gasteiger partial charge on any atom is 0.339 e. The number of carboxylic acids is 1. The van der Waals surface area contributed by atoms with Crippen molar-refractivity contribution in [3.63, 3.8) is 0 Å². The first-order chi connectivity index (χ1) is 14.5.